The number of hydrogen-bond acceptors (Lipinski definition) is 3. The topological polar surface area (TPSA) is 43.8 Å². The Morgan fingerprint density at radius 2 is 2.00 bits per heavy atom. The Morgan fingerprint density at radius 1 is 1.20 bits per heavy atom. The van der Waals surface area contributed by atoms with Crippen molar-refractivity contribution in [3.63, 3.8) is 0 Å². The quantitative estimate of drug-likeness (QED) is 0.736. The van der Waals surface area contributed by atoms with Crippen LogP contribution in [0.5, 0.6) is 0 Å². The molecule has 0 fully saturated rings. The molecular formula is C14H11Cl2N3S. The molecule has 2 heterocycles. The largest absolute Gasteiger partial charge is 0.396 e. The van der Waals surface area contributed by atoms with Crippen molar-refractivity contribution in [3.8, 4) is 16.3 Å². The number of anilines is 1. The first-order valence-electron chi connectivity index (χ1n) is 5.91. The first-order chi connectivity index (χ1) is 9.56. The second-order valence-electron chi connectivity index (χ2n) is 4.41. The van der Waals surface area contributed by atoms with Crippen molar-refractivity contribution in [3.05, 3.63) is 51.5 Å². The van der Waals surface area contributed by atoms with E-state index in [1.54, 1.807) is 34.3 Å². The Kier molecular flexibility index (Phi) is 3.46. The Labute approximate surface area is 130 Å². The van der Waals surface area contributed by atoms with Crippen LogP contribution in [0.1, 0.15) is 5.56 Å². The molecule has 1 aromatic carbocycles. The summed E-state index contributed by atoms with van der Waals surface area (Å²) in [6.07, 6.45) is 1.79. The smallest absolute Gasteiger partial charge is 0.126 e. The summed E-state index contributed by atoms with van der Waals surface area (Å²) in [5.41, 5.74) is 9.50. The van der Waals surface area contributed by atoms with Crippen LogP contribution < -0.4 is 5.73 Å². The van der Waals surface area contributed by atoms with Crippen LogP contribution >= 0.6 is 34.5 Å². The summed E-state index contributed by atoms with van der Waals surface area (Å²) in [4.78, 5) is 1.08. The van der Waals surface area contributed by atoms with Crippen LogP contribution in [0.2, 0.25) is 10.0 Å². The summed E-state index contributed by atoms with van der Waals surface area (Å²) < 4.78 is 1.71. The molecule has 0 radical (unpaired) electrons. The van der Waals surface area contributed by atoms with Gasteiger partial charge >= 0.3 is 0 Å². The predicted molar refractivity (Wildman–Crippen MR) is 86.0 cm³/mol. The summed E-state index contributed by atoms with van der Waals surface area (Å²) in [6, 6.07) is 7.41. The Bertz CT molecular complexity index is 777. The lowest BCUT2D eigenvalue weighted by Crippen LogP contribution is -1.94. The number of halogens is 2. The van der Waals surface area contributed by atoms with Crippen LogP contribution in [0.15, 0.2) is 35.8 Å². The molecule has 2 N–H and O–H groups in total. The van der Waals surface area contributed by atoms with Crippen molar-refractivity contribution in [1.29, 1.82) is 0 Å². The molecule has 0 atom stereocenters. The fourth-order valence-electron chi connectivity index (χ4n) is 1.94. The minimum Gasteiger partial charge on any atom is -0.396 e. The highest BCUT2D eigenvalue weighted by Crippen LogP contribution is 2.33. The molecule has 0 amide bonds. The molecule has 0 saturated carbocycles. The van der Waals surface area contributed by atoms with Crippen LogP contribution in [0, 0.1) is 6.92 Å². The average Bonchev–Trinajstić information content (AvgIpc) is 2.99. The molecular weight excluding hydrogens is 313 g/mol. The van der Waals surface area contributed by atoms with Gasteiger partial charge in [-0.2, -0.15) is 5.10 Å². The third kappa shape index (κ3) is 2.30. The third-order valence-corrected chi connectivity index (χ3v) is 4.75. The second kappa shape index (κ2) is 5.13. The van der Waals surface area contributed by atoms with Gasteiger partial charge < -0.3 is 5.73 Å². The molecule has 2 aromatic heterocycles. The van der Waals surface area contributed by atoms with E-state index >= 15 is 0 Å². The Hall–Kier alpha value is -1.49. The van der Waals surface area contributed by atoms with Gasteiger partial charge in [0.05, 0.1) is 32.5 Å². The molecule has 0 aliphatic heterocycles. The highest BCUT2D eigenvalue weighted by molar-refractivity contribution is 7.13. The number of benzene rings is 1. The van der Waals surface area contributed by atoms with E-state index in [-0.39, 0.29) is 0 Å². The van der Waals surface area contributed by atoms with E-state index in [0.29, 0.717) is 15.7 Å². The van der Waals surface area contributed by atoms with E-state index in [1.165, 1.54) is 5.56 Å². The number of nitrogens with two attached hydrogens (primary N) is 1. The van der Waals surface area contributed by atoms with Gasteiger partial charge in [-0.25, -0.2) is 4.68 Å². The summed E-state index contributed by atoms with van der Waals surface area (Å²) >= 11 is 13.6. The molecule has 3 rings (SSSR count). The van der Waals surface area contributed by atoms with Crippen molar-refractivity contribution in [2.45, 2.75) is 6.92 Å². The zero-order valence-corrected chi connectivity index (χ0v) is 12.9. The van der Waals surface area contributed by atoms with E-state index in [1.807, 2.05) is 18.4 Å². The summed E-state index contributed by atoms with van der Waals surface area (Å²) in [7, 11) is 0. The lowest BCUT2D eigenvalue weighted by atomic mass is 10.2. The van der Waals surface area contributed by atoms with Crippen molar-refractivity contribution < 1.29 is 0 Å². The Morgan fingerprint density at radius 3 is 2.65 bits per heavy atom. The van der Waals surface area contributed by atoms with E-state index in [2.05, 4.69) is 11.2 Å². The third-order valence-electron chi connectivity index (χ3n) is 2.99. The molecule has 3 aromatic rings. The lowest BCUT2D eigenvalue weighted by molar-refractivity contribution is 0.885. The van der Waals surface area contributed by atoms with Gasteiger partial charge in [0.25, 0.3) is 0 Å². The molecule has 0 saturated heterocycles. The summed E-state index contributed by atoms with van der Waals surface area (Å²) in [5, 5.41) is 7.60. The lowest BCUT2D eigenvalue weighted by Gasteiger charge is -2.02. The maximum Gasteiger partial charge on any atom is 0.126 e. The van der Waals surface area contributed by atoms with E-state index in [4.69, 9.17) is 28.9 Å². The molecule has 0 unspecified atom stereocenters. The number of aryl methyl sites for hydroxylation is 1. The maximum absolute atomic E-state index is 6.07. The van der Waals surface area contributed by atoms with Gasteiger partial charge in [0.2, 0.25) is 0 Å². The standard InChI is InChI=1S/C14H11Cl2N3S/c1-8-4-5-20-14(8)13-12(17)7-19(18-13)9-2-3-10(15)11(16)6-9/h2-7H,17H2,1H3. The maximum atomic E-state index is 6.07. The van der Waals surface area contributed by atoms with Crippen LogP contribution in [0.25, 0.3) is 16.3 Å². The number of nitrogen functional groups attached to an aromatic ring is 1. The first-order valence-corrected chi connectivity index (χ1v) is 7.55. The molecule has 20 heavy (non-hydrogen) atoms. The van der Waals surface area contributed by atoms with E-state index in [9.17, 15) is 0 Å². The van der Waals surface area contributed by atoms with Crippen LogP contribution in [-0.2, 0) is 0 Å². The molecule has 0 aliphatic carbocycles. The van der Waals surface area contributed by atoms with Crippen molar-refractivity contribution >= 4 is 40.2 Å². The number of aromatic nitrogens is 2. The minimum atomic E-state index is 0.493. The molecule has 0 bridgehead atoms. The Balaban J connectivity index is 2.09. The van der Waals surface area contributed by atoms with Gasteiger partial charge in [-0.1, -0.05) is 23.2 Å². The second-order valence-corrected chi connectivity index (χ2v) is 6.14. The number of nitrogens with zero attached hydrogens (tertiary/aromatic N) is 2. The van der Waals surface area contributed by atoms with E-state index in [0.717, 1.165) is 16.3 Å². The number of hydrogen-bond donors (Lipinski definition) is 1. The van der Waals surface area contributed by atoms with Crippen molar-refractivity contribution in [1.82, 2.24) is 9.78 Å². The predicted octanol–water partition coefficient (Wildman–Crippen LogP) is 4.80. The molecule has 6 heteroatoms. The number of rotatable bonds is 2. The van der Waals surface area contributed by atoms with Crippen molar-refractivity contribution in [2.75, 3.05) is 5.73 Å². The normalized spacial score (nSPS) is 10.9. The zero-order chi connectivity index (χ0) is 14.3. The molecule has 102 valence electrons. The van der Waals surface area contributed by atoms with Gasteiger partial charge in [-0.05, 0) is 42.1 Å². The van der Waals surface area contributed by atoms with Crippen LogP contribution in [0.3, 0.4) is 0 Å². The minimum absolute atomic E-state index is 0.493. The summed E-state index contributed by atoms with van der Waals surface area (Å²) in [5.74, 6) is 0. The zero-order valence-electron chi connectivity index (χ0n) is 10.6. The fourth-order valence-corrected chi connectivity index (χ4v) is 3.16. The highest BCUT2D eigenvalue weighted by Gasteiger charge is 2.13. The van der Waals surface area contributed by atoms with Gasteiger partial charge in [0, 0.05) is 0 Å². The monoisotopic (exact) mass is 323 g/mol. The molecule has 0 spiro atoms. The van der Waals surface area contributed by atoms with Crippen LogP contribution in [-0.4, -0.2) is 9.78 Å². The van der Waals surface area contributed by atoms with Gasteiger partial charge in [-0.15, -0.1) is 11.3 Å². The van der Waals surface area contributed by atoms with Gasteiger partial charge in [-0.3, -0.25) is 0 Å². The summed E-state index contributed by atoms with van der Waals surface area (Å²) in [6.45, 7) is 2.05. The number of thiophene rings is 1. The fraction of sp³-hybridized carbons (Fsp3) is 0.0714. The van der Waals surface area contributed by atoms with Crippen LogP contribution in [0.4, 0.5) is 5.69 Å². The van der Waals surface area contributed by atoms with E-state index < -0.39 is 0 Å². The molecule has 0 aliphatic rings. The average molecular weight is 324 g/mol. The van der Waals surface area contributed by atoms with Gasteiger partial charge in [0.1, 0.15) is 5.69 Å². The first kappa shape index (κ1) is 13.5. The van der Waals surface area contributed by atoms with Gasteiger partial charge in [0.15, 0.2) is 0 Å². The van der Waals surface area contributed by atoms with Crippen molar-refractivity contribution in [2.24, 2.45) is 0 Å². The highest BCUT2D eigenvalue weighted by atomic mass is 35.5. The molecule has 3 nitrogen and oxygen atoms in total. The SMILES string of the molecule is Cc1ccsc1-c1nn(-c2ccc(Cl)c(Cl)c2)cc1N.